The minimum Gasteiger partial charge on any atom is -0.496 e. The van der Waals surface area contributed by atoms with Gasteiger partial charge in [0, 0.05) is 48.1 Å². The third-order valence-corrected chi connectivity index (χ3v) is 9.02. The molecule has 10 heteroatoms. The summed E-state index contributed by atoms with van der Waals surface area (Å²) in [6.45, 7) is 3.35. The second-order valence-corrected chi connectivity index (χ2v) is 12.1. The molecule has 1 aliphatic heterocycles. The number of thioether (sulfide) groups is 1. The lowest BCUT2D eigenvalue weighted by Crippen LogP contribution is -2.45. The standard InChI is InChI=1S/C35H42F3N3O3S/c1-44-31-12-8-13-32(45-2)30(31)11-7-14-33(42)39-21-5-6-22-41-23-19-27(20-24-41)40-34(43)29-10-4-3-9-28(29)25-15-17-26(18-16-25)35(36,37)38/h3-4,8-10,12-13,15-18,27H,5-7,11,14,19-24H2,1-2H3,(H,39,42)(H,40,43). The van der Waals surface area contributed by atoms with Gasteiger partial charge in [-0.2, -0.15) is 13.2 Å². The van der Waals surface area contributed by atoms with Gasteiger partial charge in [0.2, 0.25) is 5.91 Å². The number of halogens is 3. The van der Waals surface area contributed by atoms with E-state index in [1.165, 1.54) is 17.0 Å². The number of nitrogens with one attached hydrogen (secondary N) is 2. The van der Waals surface area contributed by atoms with Crippen molar-refractivity contribution in [1.82, 2.24) is 15.5 Å². The fraction of sp³-hybridized carbons (Fsp3) is 0.429. The first-order chi connectivity index (χ1) is 21.7. The largest absolute Gasteiger partial charge is 0.496 e. The highest BCUT2D eigenvalue weighted by Gasteiger charge is 2.30. The number of carbonyl (C=O) groups is 2. The molecule has 1 heterocycles. The van der Waals surface area contributed by atoms with Crippen molar-refractivity contribution in [3.63, 3.8) is 0 Å². The molecule has 0 atom stereocenters. The Morgan fingerprint density at radius 1 is 0.956 bits per heavy atom. The number of benzene rings is 3. The first-order valence-electron chi connectivity index (χ1n) is 15.5. The zero-order chi connectivity index (χ0) is 32.2. The van der Waals surface area contributed by atoms with Crippen LogP contribution in [0.3, 0.4) is 0 Å². The number of methoxy groups -OCH3 is 1. The number of alkyl halides is 3. The van der Waals surface area contributed by atoms with Crippen LogP contribution in [0.25, 0.3) is 11.1 Å². The van der Waals surface area contributed by atoms with Crippen LogP contribution in [0.4, 0.5) is 13.2 Å². The third-order valence-electron chi connectivity index (χ3n) is 8.20. The van der Waals surface area contributed by atoms with E-state index in [1.54, 1.807) is 43.1 Å². The van der Waals surface area contributed by atoms with Crippen LogP contribution in [-0.2, 0) is 17.4 Å². The summed E-state index contributed by atoms with van der Waals surface area (Å²) >= 11 is 1.69. The van der Waals surface area contributed by atoms with E-state index in [9.17, 15) is 22.8 Å². The number of ether oxygens (including phenoxy) is 1. The third kappa shape index (κ3) is 9.99. The molecule has 45 heavy (non-hydrogen) atoms. The molecule has 1 saturated heterocycles. The lowest BCUT2D eigenvalue weighted by Gasteiger charge is -2.32. The Balaban J connectivity index is 1.13. The number of likely N-dealkylation sites (tertiary alicyclic amines) is 1. The van der Waals surface area contributed by atoms with Gasteiger partial charge in [-0.15, -0.1) is 11.8 Å². The lowest BCUT2D eigenvalue weighted by atomic mass is 9.97. The van der Waals surface area contributed by atoms with Crippen molar-refractivity contribution in [2.24, 2.45) is 0 Å². The van der Waals surface area contributed by atoms with Crippen molar-refractivity contribution in [3.05, 3.63) is 83.4 Å². The molecule has 0 saturated carbocycles. The Kier molecular flexibility index (Phi) is 12.8. The molecule has 242 valence electrons. The maximum Gasteiger partial charge on any atom is 0.416 e. The summed E-state index contributed by atoms with van der Waals surface area (Å²) in [6.07, 6.45) is 3.25. The number of rotatable bonds is 14. The molecule has 4 rings (SSSR count). The smallest absolute Gasteiger partial charge is 0.416 e. The number of hydrogen-bond donors (Lipinski definition) is 2. The summed E-state index contributed by atoms with van der Waals surface area (Å²) in [5, 5.41) is 6.17. The molecular formula is C35H42F3N3O3S. The number of piperidine rings is 1. The van der Waals surface area contributed by atoms with E-state index in [2.05, 4.69) is 21.6 Å². The molecule has 1 fully saturated rings. The molecule has 0 aromatic heterocycles. The van der Waals surface area contributed by atoms with Crippen molar-refractivity contribution < 1.29 is 27.5 Å². The van der Waals surface area contributed by atoms with Gasteiger partial charge < -0.3 is 20.3 Å². The molecule has 0 aliphatic carbocycles. The summed E-state index contributed by atoms with van der Waals surface area (Å²) in [6, 6.07) is 18.0. The molecular weight excluding hydrogens is 599 g/mol. The molecule has 0 bridgehead atoms. The van der Waals surface area contributed by atoms with Crippen LogP contribution in [0.1, 0.15) is 60.0 Å². The van der Waals surface area contributed by atoms with Crippen LogP contribution in [0, 0.1) is 0 Å². The van der Waals surface area contributed by atoms with Crippen LogP contribution in [0.15, 0.2) is 71.6 Å². The number of unbranched alkanes of at least 4 members (excludes halogenated alkanes) is 1. The molecule has 0 radical (unpaired) electrons. The number of hydrogen-bond acceptors (Lipinski definition) is 5. The van der Waals surface area contributed by atoms with E-state index in [1.807, 2.05) is 18.4 Å². The molecule has 2 amide bonds. The minimum absolute atomic E-state index is 0.0385. The average molecular weight is 642 g/mol. The van der Waals surface area contributed by atoms with Crippen LogP contribution in [-0.4, -0.2) is 62.3 Å². The van der Waals surface area contributed by atoms with Gasteiger partial charge in [0.1, 0.15) is 5.75 Å². The number of carbonyl (C=O) groups excluding carboxylic acids is 2. The van der Waals surface area contributed by atoms with Gasteiger partial charge in [-0.25, -0.2) is 0 Å². The second-order valence-electron chi connectivity index (χ2n) is 11.3. The van der Waals surface area contributed by atoms with Crippen molar-refractivity contribution in [2.45, 2.75) is 62.1 Å². The minimum atomic E-state index is -4.41. The second kappa shape index (κ2) is 16.7. The number of nitrogens with zero attached hydrogens (tertiary/aromatic N) is 1. The van der Waals surface area contributed by atoms with Gasteiger partial charge in [0.05, 0.1) is 12.7 Å². The van der Waals surface area contributed by atoms with E-state index in [0.717, 1.165) is 81.6 Å². The zero-order valence-corrected chi connectivity index (χ0v) is 26.7. The van der Waals surface area contributed by atoms with Crippen LogP contribution >= 0.6 is 11.8 Å². The van der Waals surface area contributed by atoms with E-state index >= 15 is 0 Å². The highest BCUT2D eigenvalue weighted by Crippen LogP contribution is 2.32. The summed E-state index contributed by atoms with van der Waals surface area (Å²) in [4.78, 5) is 29.1. The molecule has 1 aliphatic rings. The Labute approximate surface area is 268 Å². The lowest BCUT2D eigenvalue weighted by molar-refractivity contribution is -0.137. The summed E-state index contributed by atoms with van der Waals surface area (Å²) < 4.78 is 44.4. The summed E-state index contributed by atoms with van der Waals surface area (Å²) in [5.74, 6) is 0.732. The van der Waals surface area contributed by atoms with Gasteiger partial charge in [0.25, 0.3) is 5.91 Å². The fourth-order valence-electron chi connectivity index (χ4n) is 5.71. The van der Waals surface area contributed by atoms with Crippen LogP contribution in [0.2, 0.25) is 0 Å². The normalized spacial score (nSPS) is 14.2. The predicted molar refractivity (Wildman–Crippen MR) is 174 cm³/mol. The predicted octanol–water partition coefficient (Wildman–Crippen LogP) is 7.22. The van der Waals surface area contributed by atoms with E-state index < -0.39 is 11.7 Å². The summed E-state index contributed by atoms with van der Waals surface area (Å²) in [7, 11) is 1.67. The maximum absolute atomic E-state index is 13.2. The molecule has 6 nitrogen and oxygen atoms in total. The van der Waals surface area contributed by atoms with Gasteiger partial charge >= 0.3 is 6.18 Å². The van der Waals surface area contributed by atoms with Crippen molar-refractivity contribution in [3.8, 4) is 16.9 Å². The van der Waals surface area contributed by atoms with Crippen molar-refractivity contribution in [1.29, 1.82) is 0 Å². The van der Waals surface area contributed by atoms with Crippen LogP contribution in [0.5, 0.6) is 5.75 Å². The average Bonchev–Trinajstić information content (AvgIpc) is 3.05. The van der Waals surface area contributed by atoms with Gasteiger partial charge in [0.15, 0.2) is 0 Å². The zero-order valence-electron chi connectivity index (χ0n) is 25.9. The van der Waals surface area contributed by atoms with E-state index in [0.29, 0.717) is 29.7 Å². The monoisotopic (exact) mass is 641 g/mol. The Hall–Kier alpha value is -3.50. The molecule has 3 aromatic rings. The highest BCUT2D eigenvalue weighted by atomic mass is 32.2. The first kappa shape index (κ1) is 34.4. The first-order valence-corrected chi connectivity index (χ1v) is 16.7. The maximum atomic E-state index is 13.2. The SMILES string of the molecule is COc1cccc(SC)c1CCCC(=O)NCCCCN1CCC(NC(=O)c2ccccc2-c2ccc(C(F)(F)F)cc2)CC1. The molecule has 3 aromatic carbocycles. The van der Waals surface area contributed by atoms with Gasteiger partial charge in [-0.3, -0.25) is 9.59 Å². The summed E-state index contributed by atoms with van der Waals surface area (Å²) in [5.41, 5.74) is 2.07. The Morgan fingerprint density at radius 2 is 1.69 bits per heavy atom. The Bertz CT molecular complexity index is 1380. The van der Waals surface area contributed by atoms with Gasteiger partial charge in [-0.1, -0.05) is 36.4 Å². The highest BCUT2D eigenvalue weighted by molar-refractivity contribution is 7.98. The van der Waals surface area contributed by atoms with Crippen molar-refractivity contribution >= 4 is 23.6 Å². The topological polar surface area (TPSA) is 70.7 Å². The molecule has 0 unspecified atom stereocenters. The van der Waals surface area contributed by atoms with Crippen molar-refractivity contribution in [2.75, 3.05) is 39.5 Å². The molecule has 0 spiro atoms. The van der Waals surface area contributed by atoms with Crippen LogP contribution < -0.4 is 15.4 Å². The van der Waals surface area contributed by atoms with E-state index in [-0.39, 0.29) is 17.9 Å². The molecule has 2 N–H and O–H groups in total. The fourth-order valence-corrected chi connectivity index (χ4v) is 6.38. The van der Waals surface area contributed by atoms with Gasteiger partial charge in [-0.05, 0) is 92.8 Å². The number of amides is 2. The quantitative estimate of drug-likeness (QED) is 0.144. The van der Waals surface area contributed by atoms with E-state index in [4.69, 9.17) is 4.74 Å². The Morgan fingerprint density at radius 3 is 2.38 bits per heavy atom.